The van der Waals surface area contributed by atoms with E-state index in [1.807, 2.05) is 38.1 Å². The van der Waals surface area contributed by atoms with Gasteiger partial charge in [-0.15, -0.1) is 11.3 Å². The van der Waals surface area contributed by atoms with Gasteiger partial charge in [-0.2, -0.15) is 0 Å². The maximum atomic E-state index is 12.0. The van der Waals surface area contributed by atoms with Crippen molar-refractivity contribution >= 4 is 22.3 Å². The second kappa shape index (κ2) is 6.66. The third-order valence-corrected chi connectivity index (χ3v) is 4.06. The average molecular weight is 317 g/mol. The minimum Gasteiger partial charge on any atom is -0.489 e. The molecule has 1 heterocycles. The van der Waals surface area contributed by atoms with E-state index in [2.05, 4.69) is 6.58 Å². The fourth-order valence-electron chi connectivity index (χ4n) is 2.14. The summed E-state index contributed by atoms with van der Waals surface area (Å²) in [6.45, 7) is 8.13. The van der Waals surface area contributed by atoms with Gasteiger partial charge in [0.1, 0.15) is 22.9 Å². The van der Waals surface area contributed by atoms with Gasteiger partial charge in [-0.1, -0.05) is 18.7 Å². The van der Waals surface area contributed by atoms with Crippen molar-refractivity contribution in [1.29, 1.82) is 0 Å². The molecule has 0 amide bonds. The van der Waals surface area contributed by atoms with Gasteiger partial charge in [0.05, 0.1) is 7.11 Å². The fourth-order valence-corrected chi connectivity index (χ4v) is 3.08. The topological polar surface area (TPSA) is 61.5 Å². The van der Waals surface area contributed by atoms with E-state index in [9.17, 15) is 4.79 Å². The van der Waals surface area contributed by atoms with Crippen LogP contribution in [-0.4, -0.2) is 19.7 Å². The number of carbonyl (C=O) groups is 1. The van der Waals surface area contributed by atoms with Crippen LogP contribution in [0.5, 0.6) is 5.75 Å². The van der Waals surface area contributed by atoms with Crippen molar-refractivity contribution in [1.82, 2.24) is 0 Å². The SMILES string of the molecule is C=C(C)COc1ccc(-c2c(C)sc(N)c2C(=O)OC)cc1. The zero-order valence-corrected chi connectivity index (χ0v) is 13.8. The van der Waals surface area contributed by atoms with Crippen molar-refractivity contribution < 1.29 is 14.3 Å². The van der Waals surface area contributed by atoms with Crippen LogP contribution < -0.4 is 10.5 Å². The molecule has 0 bridgehead atoms. The number of hydrogen-bond donors (Lipinski definition) is 1. The molecule has 0 aliphatic carbocycles. The Labute approximate surface area is 134 Å². The fraction of sp³-hybridized carbons (Fsp3) is 0.235. The number of methoxy groups -OCH3 is 1. The van der Waals surface area contributed by atoms with Gasteiger partial charge in [0, 0.05) is 10.4 Å². The Morgan fingerprint density at radius 1 is 1.32 bits per heavy atom. The van der Waals surface area contributed by atoms with Crippen LogP contribution in [0, 0.1) is 6.92 Å². The highest BCUT2D eigenvalue weighted by Crippen LogP contribution is 2.39. The summed E-state index contributed by atoms with van der Waals surface area (Å²) in [6.07, 6.45) is 0. The number of thiophene rings is 1. The molecule has 2 rings (SSSR count). The normalized spacial score (nSPS) is 10.3. The Kier molecular flexibility index (Phi) is 4.88. The van der Waals surface area contributed by atoms with Crippen molar-refractivity contribution in [3.05, 3.63) is 46.9 Å². The zero-order chi connectivity index (χ0) is 16.3. The second-order valence-corrected chi connectivity index (χ2v) is 6.29. The summed E-state index contributed by atoms with van der Waals surface area (Å²) in [5, 5.41) is 0.474. The molecule has 2 N–H and O–H groups in total. The third kappa shape index (κ3) is 3.31. The molecule has 0 atom stereocenters. The predicted octanol–water partition coefficient (Wildman–Crippen LogP) is 4.05. The van der Waals surface area contributed by atoms with Gasteiger partial charge in [-0.3, -0.25) is 0 Å². The lowest BCUT2D eigenvalue weighted by Crippen LogP contribution is -2.04. The van der Waals surface area contributed by atoms with E-state index in [4.69, 9.17) is 15.2 Å². The summed E-state index contributed by atoms with van der Waals surface area (Å²) in [5.74, 6) is 0.340. The molecule has 22 heavy (non-hydrogen) atoms. The van der Waals surface area contributed by atoms with Gasteiger partial charge < -0.3 is 15.2 Å². The van der Waals surface area contributed by atoms with Crippen LogP contribution in [0.1, 0.15) is 22.2 Å². The maximum absolute atomic E-state index is 12.0. The second-order valence-electron chi connectivity index (χ2n) is 5.03. The monoisotopic (exact) mass is 317 g/mol. The van der Waals surface area contributed by atoms with Crippen molar-refractivity contribution in [3.63, 3.8) is 0 Å². The van der Waals surface area contributed by atoms with Gasteiger partial charge >= 0.3 is 5.97 Å². The van der Waals surface area contributed by atoms with Crippen LogP contribution in [0.25, 0.3) is 11.1 Å². The largest absolute Gasteiger partial charge is 0.489 e. The molecule has 4 nitrogen and oxygen atoms in total. The maximum Gasteiger partial charge on any atom is 0.341 e. The van der Waals surface area contributed by atoms with Crippen molar-refractivity contribution in [2.75, 3.05) is 19.5 Å². The van der Waals surface area contributed by atoms with Crippen LogP contribution in [0.4, 0.5) is 5.00 Å². The number of nitrogen functional groups attached to an aromatic ring is 1. The molecular formula is C17H19NO3S. The van der Waals surface area contributed by atoms with E-state index >= 15 is 0 Å². The van der Waals surface area contributed by atoms with E-state index in [1.54, 1.807) is 0 Å². The molecule has 1 aromatic carbocycles. The first-order valence-electron chi connectivity index (χ1n) is 6.78. The lowest BCUT2D eigenvalue weighted by Gasteiger charge is -2.08. The summed E-state index contributed by atoms with van der Waals surface area (Å²) in [5.41, 5.74) is 9.07. The van der Waals surface area contributed by atoms with Crippen LogP contribution in [-0.2, 0) is 4.74 Å². The minimum atomic E-state index is -0.417. The summed E-state index contributed by atoms with van der Waals surface area (Å²) in [7, 11) is 1.35. The Morgan fingerprint density at radius 3 is 2.50 bits per heavy atom. The molecule has 0 aliphatic rings. The first kappa shape index (κ1) is 16.1. The third-order valence-electron chi connectivity index (χ3n) is 3.13. The van der Waals surface area contributed by atoms with E-state index < -0.39 is 5.97 Å². The lowest BCUT2D eigenvalue weighted by molar-refractivity contribution is 0.0603. The number of nitrogens with two attached hydrogens (primary N) is 1. The van der Waals surface area contributed by atoms with Crippen LogP contribution in [0.2, 0.25) is 0 Å². The highest BCUT2D eigenvalue weighted by Gasteiger charge is 2.22. The molecule has 1 aromatic heterocycles. The van der Waals surface area contributed by atoms with Crippen molar-refractivity contribution in [3.8, 4) is 16.9 Å². The standard InChI is InChI=1S/C17H19NO3S/c1-10(2)9-21-13-7-5-12(6-8-13)14-11(3)22-16(18)15(14)17(19)20-4/h5-8H,1,9,18H2,2-4H3. The highest BCUT2D eigenvalue weighted by molar-refractivity contribution is 7.16. The molecule has 0 spiro atoms. The Hall–Kier alpha value is -2.27. The summed E-state index contributed by atoms with van der Waals surface area (Å²) in [4.78, 5) is 12.9. The first-order chi connectivity index (χ1) is 10.4. The van der Waals surface area contributed by atoms with Crippen molar-refractivity contribution in [2.24, 2.45) is 0 Å². The van der Waals surface area contributed by atoms with Crippen LogP contribution in [0.3, 0.4) is 0 Å². The number of hydrogen-bond acceptors (Lipinski definition) is 5. The van der Waals surface area contributed by atoms with E-state index in [0.717, 1.165) is 27.3 Å². The number of rotatable bonds is 5. The summed E-state index contributed by atoms with van der Waals surface area (Å²) >= 11 is 1.39. The molecule has 0 unspecified atom stereocenters. The molecule has 0 aliphatic heterocycles. The van der Waals surface area contributed by atoms with Crippen molar-refractivity contribution in [2.45, 2.75) is 13.8 Å². The van der Waals surface area contributed by atoms with Gasteiger partial charge in [0.25, 0.3) is 0 Å². The van der Waals surface area contributed by atoms with Gasteiger partial charge in [-0.25, -0.2) is 4.79 Å². The molecular weight excluding hydrogens is 298 g/mol. The average Bonchev–Trinajstić information content (AvgIpc) is 2.79. The number of esters is 1. The molecule has 0 saturated heterocycles. The molecule has 5 heteroatoms. The Balaban J connectivity index is 2.36. The number of anilines is 1. The number of aryl methyl sites for hydroxylation is 1. The quantitative estimate of drug-likeness (QED) is 0.667. The highest BCUT2D eigenvalue weighted by atomic mass is 32.1. The van der Waals surface area contributed by atoms with Gasteiger partial charge in [0.15, 0.2) is 0 Å². The minimum absolute atomic E-state index is 0.417. The van der Waals surface area contributed by atoms with Gasteiger partial charge in [-0.05, 0) is 37.1 Å². The number of carbonyl (C=O) groups excluding carboxylic acids is 1. The predicted molar refractivity (Wildman–Crippen MR) is 90.6 cm³/mol. The van der Waals surface area contributed by atoms with Crippen LogP contribution >= 0.6 is 11.3 Å². The van der Waals surface area contributed by atoms with Gasteiger partial charge in [0.2, 0.25) is 0 Å². The number of ether oxygens (including phenoxy) is 2. The van der Waals surface area contributed by atoms with E-state index in [0.29, 0.717) is 17.2 Å². The molecule has 0 saturated carbocycles. The molecule has 2 aromatic rings. The molecule has 0 radical (unpaired) electrons. The zero-order valence-electron chi connectivity index (χ0n) is 12.9. The molecule has 0 fully saturated rings. The van der Waals surface area contributed by atoms with E-state index in [-0.39, 0.29) is 0 Å². The van der Waals surface area contributed by atoms with Crippen LogP contribution in [0.15, 0.2) is 36.4 Å². The summed E-state index contributed by atoms with van der Waals surface area (Å²) < 4.78 is 10.4. The first-order valence-corrected chi connectivity index (χ1v) is 7.60. The molecule has 116 valence electrons. The smallest absolute Gasteiger partial charge is 0.341 e. The Morgan fingerprint density at radius 2 is 1.95 bits per heavy atom. The van der Waals surface area contributed by atoms with E-state index in [1.165, 1.54) is 18.4 Å². The lowest BCUT2D eigenvalue weighted by atomic mass is 10.0. The summed E-state index contributed by atoms with van der Waals surface area (Å²) in [6, 6.07) is 7.56. The number of benzene rings is 1. The Bertz CT molecular complexity index is 701.